The Hall–Kier alpha value is -3.40. The van der Waals surface area contributed by atoms with Gasteiger partial charge in [-0.05, 0) is 43.9 Å². The molecule has 9 nitrogen and oxygen atoms in total. The Balaban J connectivity index is 1.56. The minimum absolute atomic E-state index is 0.0677. The molecule has 1 aromatic carbocycles. The zero-order chi connectivity index (χ0) is 24.3. The van der Waals surface area contributed by atoms with E-state index < -0.39 is 10.0 Å². The third kappa shape index (κ3) is 5.06. The van der Waals surface area contributed by atoms with Gasteiger partial charge in [0.25, 0.3) is 15.9 Å². The maximum absolute atomic E-state index is 13.2. The topological polar surface area (TPSA) is 115 Å². The standard InChI is InChI=1S/C24H29N5O4S/c1-16-8-7-9-17(2)22(16)28-34(31,32)21-12-19(14-25-24(21)33-3)27-23(30)18-13-26-29(15-18)20-10-5-4-6-11-20/h7-9,12-15,20,28H,4-6,10-11H2,1-3H3,(H,27,30). The second kappa shape index (κ2) is 9.84. The van der Waals surface area contributed by atoms with Crippen molar-refractivity contribution in [3.05, 3.63) is 59.5 Å². The van der Waals surface area contributed by atoms with Crippen LogP contribution in [0.4, 0.5) is 11.4 Å². The summed E-state index contributed by atoms with van der Waals surface area (Å²) in [5.74, 6) is -0.457. The number of carbonyl (C=O) groups excluding carboxylic acids is 1. The van der Waals surface area contributed by atoms with Crippen LogP contribution in [0.5, 0.6) is 5.88 Å². The SMILES string of the molecule is COc1ncc(NC(=O)c2cnn(C3CCCCC3)c2)cc1S(=O)(=O)Nc1c(C)cccc1C. The van der Waals surface area contributed by atoms with Crippen LogP contribution >= 0.6 is 0 Å². The lowest BCUT2D eigenvalue weighted by molar-refractivity contribution is 0.102. The first-order valence-corrected chi connectivity index (χ1v) is 12.8. The summed E-state index contributed by atoms with van der Waals surface area (Å²) >= 11 is 0. The van der Waals surface area contributed by atoms with Crippen LogP contribution in [0.15, 0.2) is 47.8 Å². The van der Waals surface area contributed by atoms with E-state index >= 15 is 0 Å². The Morgan fingerprint density at radius 1 is 1.12 bits per heavy atom. The van der Waals surface area contributed by atoms with Gasteiger partial charge >= 0.3 is 0 Å². The van der Waals surface area contributed by atoms with Crippen LogP contribution in [0.25, 0.3) is 0 Å². The summed E-state index contributed by atoms with van der Waals surface area (Å²) in [5, 5.41) is 7.09. The molecular formula is C24H29N5O4S. The molecule has 1 amide bonds. The summed E-state index contributed by atoms with van der Waals surface area (Å²) in [4.78, 5) is 16.7. The van der Waals surface area contributed by atoms with Crippen molar-refractivity contribution in [2.45, 2.75) is 56.9 Å². The van der Waals surface area contributed by atoms with Crippen molar-refractivity contribution in [1.82, 2.24) is 14.8 Å². The van der Waals surface area contributed by atoms with Gasteiger partial charge in [-0.1, -0.05) is 37.5 Å². The lowest BCUT2D eigenvalue weighted by Crippen LogP contribution is -2.18. The summed E-state index contributed by atoms with van der Waals surface area (Å²) in [6.07, 6.45) is 10.3. The third-order valence-electron chi connectivity index (χ3n) is 6.09. The number of ether oxygens (including phenoxy) is 1. The number of methoxy groups -OCH3 is 1. The van der Waals surface area contributed by atoms with Gasteiger partial charge < -0.3 is 10.1 Å². The maximum Gasteiger partial charge on any atom is 0.267 e. The molecule has 0 aliphatic heterocycles. The monoisotopic (exact) mass is 483 g/mol. The highest BCUT2D eigenvalue weighted by atomic mass is 32.2. The number of aryl methyl sites for hydroxylation is 2. The Labute approximate surface area is 199 Å². The van der Waals surface area contributed by atoms with Gasteiger partial charge in [0.2, 0.25) is 5.88 Å². The van der Waals surface area contributed by atoms with Crippen LogP contribution in [0.3, 0.4) is 0 Å². The molecule has 0 spiro atoms. The van der Waals surface area contributed by atoms with Crippen molar-refractivity contribution in [2.24, 2.45) is 0 Å². The highest BCUT2D eigenvalue weighted by molar-refractivity contribution is 7.92. The molecule has 1 saturated carbocycles. The van der Waals surface area contributed by atoms with Gasteiger partial charge in [-0.15, -0.1) is 0 Å². The molecule has 0 saturated heterocycles. The quantitative estimate of drug-likeness (QED) is 0.513. The number of sulfonamides is 1. The highest BCUT2D eigenvalue weighted by Gasteiger charge is 2.24. The molecule has 2 aromatic heterocycles. The normalized spacial score (nSPS) is 14.6. The predicted octanol–water partition coefficient (Wildman–Crippen LogP) is 4.46. The number of amides is 1. The second-order valence-corrected chi connectivity index (χ2v) is 10.2. The minimum Gasteiger partial charge on any atom is -0.480 e. The molecule has 180 valence electrons. The molecule has 34 heavy (non-hydrogen) atoms. The fraction of sp³-hybridized carbons (Fsp3) is 0.375. The molecule has 4 rings (SSSR count). The Bertz CT molecular complexity index is 1280. The lowest BCUT2D eigenvalue weighted by atomic mass is 9.96. The molecular weight excluding hydrogens is 454 g/mol. The van der Waals surface area contributed by atoms with Gasteiger partial charge in [0.15, 0.2) is 4.90 Å². The number of nitrogens with zero attached hydrogens (tertiary/aromatic N) is 3. The van der Waals surface area contributed by atoms with Crippen molar-refractivity contribution < 1.29 is 17.9 Å². The van der Waals surface area contributed by atoms with E-state index in [1.54, 1.807) is 6.20 Å². The van der Waals surface area contributed by atoms with Crippen LogP contribution in [-0.2, 0) is 10.0 Å². The van der Waals surface area contributed by atoms with Crippen LogP contribution in [-0.4, -0.2) is 36.2 Å². The molecule has 1 aliphatic rings. The largest absolute Gasteiger partial charge is 0.480 e. The number of para-hydroxylation sites is 1. The smallest absolute Gasteiger partial charge is 0.267 e. The van der Waals surface area contributed by atoms with Crippen LogP contribution < -0.4 is 14.8 Å². The van der Waals surface area contributed by atoms with Gasteiger partial charge in [0.1, 0.15) is 0 Å². The van der Waals surface area contributed by atoms with Gasteiger partial charge in [-0.3, -0.25) is 14.2 Å². The molecule has 0 bridgehead atoms. The summed E-state index contributed by atoms with van der Waals surface area (Å²) in [7, 11) is -2.69. The molecule has 2 N–H and O–H groups in total. The van der Waals surface area contributed by atoms with E-state index in [1.165, 1.54) is 32.0 Å². The van der Waals surface area contributed by atoms with E-state index in [4.69, 9.17) is 4.74 Å². The van der Waals surface area contributed by atoms with Crippen LogP contribution in [0, 0.1) is 13.8 Å². The molecule has 10 heteroatoms. The zero-order valence-corrected chi connectivity index (χ0v) is 20.4. The number of benzene rings is 1. The first kappa shape index (κ1) is 23.7. The maximum atomic E-state index is 13.2. The zero-order valence-electron chi connectivity index (χ0n) is 19.5. The van der Waals surface area contributed by atoms with E-state index in [0.29, 0.717) is 17.3 Å². The number of rotatable bonds is 7. The Morgan fingerprint density at radius 2 is 1.82 bits per heavy atom. The van der Waals surface area contributed by atoms with Crippen molar-refractivity contribution in [3.8, 4) is 5.88 Å². The van der Waals surface area contributed by atoms with Crippen molar-refractivity contribution in [1.29, 1.82) is 0 Å². The van der Waals surface area contributed by atoms with E-state index in [9.17, 15) is 13.2 Å². The van der Waals surface area contributed by atoms with Crippen molar-refractivity contribution in [3.63, 3.8) is 0 Å². The summed E-state index contributed by atoms with van der Waals surface area (Å²) < 4.78 is 36.1. The second-order valence-electron chi connectivity index (χ2n) is 8.56. The average molecular weight is 484 g/mol. The Kier molecular flexibility index (Phi) is 6.87. The fourth-order valence-corrected chi connectivity index (χ4v) is 5.56. The highest BCUT2D eigenvalue weighted by Crippen LogP contribution is 2.30. The first-order chi connectivity index (χ1) is 16.3. The molecule has 1 fully saturated rings. The van der Waals surface area contributed by atoms with Gasteiger partial charge in [-0.2, -0.15) is 5.10 Å². The van der Waals surface area contributed by atoms with Crippen LogP contribution in [0.2, 0.25) is 0 Å². The summed E-state index contributed by atoms with van der Waals surface area (Å²) in [5.41, 5.74) is 2.71. The molecule has 0 atom stereocenters. The number of hydrogen-bond acceptors (Lipinski definition) is 6. The van der Waals surface area contributed by atoms with E-state index in [1.807, 2.05) is 36.7 Å². The molecule has 1 aliphatic carbocycles. The average Bonchev–Trinajstić information content (AvgIpc) is 3.33. The minimum atomic E-state index is -4.04. The van der Waals surface area contributed by atoms with Gasteiger partial charge in [0.05, 0.1) is 42.5 Å². The number of hydrogen-bond donors (Lipinski definition) is 2. The molecule has 0 unspecified atom stereocenters. The third-order valence-corrected chi connectivity index (χ3v) is 7.43. The summed E-state index contributed by atoms with van der Waals surface area (Å²) in [6, 6.07) is 7.16. The fourth-order valence-electron chi connectivity index (χ4n) is 4.21. The number of nitrogens with one attached hydrogen (secondary N) is 2. The predicted molar refractivity (Wildman–Crippen MR) is 130 cm³/mol. The van der Waals surface area contributed by atoms with Gasteiger partial charge in [0, 0.05) is 6.20 Å². The first-order valence-electron chi connectivity index (χ1n) is 11.3. The number of pyridine rings is 1. The van der Waals surface area contributed by atoms with E-state index in [-0.39, 0.29) is 22.4 Å². The molecule has 3 aromatic rings. The van der Waals surface area contributed by atoms with Crippen molar-refractivity contribution >= 4 is 27.3 Å². The van der Waals surface area contributed by atoms with E-state index in [0.717, 1.165) is 36.8 Å². The lowest BCUT2D eigenvalue weighted by Gasteiger charge is -2.21. The van der Waals surface area contributed by atoms with Crippen molar-refractivity contribution in [2.75, 3.05) is 17.1 Å². The molecule has 2 heterocycles. The summed E-state index contributed by atoms with van der Waals surface area (Å²) in [6.45, 7) is 3.65. The molecule has 0 radical (unpaired) electrons. The van der Waals surface area contributed by atoms with Gasteiger partial charge in [-0.25, -0.2) is 13.4 Å². The Morgan fingerprint density at radius 3 is 2.50 bits per heavy atom. The number of anilines is 2. The van der Waals surface area contributed by atoms with E-state index in [2.05, 4.69) is 20.1 Å². The number of carbonyl (C=O) groups is 1. The number of aromatic nitrogens is 3. The van der Waals surface area contributed by atoms with Crippen LogP contribution in [0.1, 0.15) is 59.6 Å².